The molecule has 0 saturated heterocycles. The van der Waals surface area contributed by atoms with E-state index in [1.54, 1.807) is 19.2 Å². The monoisotopic (exact) mass is 393 g/mol. The van der Waals surface area contributed by atoms with Crippen molar-refractivity contribution in [3.8, 4) is 5.75 Å². The molecule has 1 aliphatic rings. The average Bonchev–Trinajstić information content (AvgIpc) is 3.10. The van der Waals surface area contributed by atoms with Crippen molar-refractivity contribution >= 4 is 29.0 Å². The molecular weight excluding hydrogens is 374 g/mol. The minimum atomic E-state index is -0.233. The Kier molecular flexibility index (Phi) is 5.17. The van der Waals surface area contributed by atoms with Gasteiger partial charge in [-0.2, -0.15) is 0 Å². The molecule has 3 aromatic rings. The Balaban J connectivity index is 1.50. The molecular formula is C22H20ClN3O2. The first-order chi connectivity index (χ1) is 13.6. The highest BCUT2D eigenvalue weighted by Gasteiger charge is 2.23. The molecule has 0 saturated carbocycles. The third kappa shape index (κ3) is 3.94. The maximum absolute atomic E-state index is 12.7. The largest absolute Gasteiger partial charge is 0.495 e. The van der Waals surface area contributed by atoms with Gasteiger partial charge in [0, 0.05) is 11.1 Å². The molecule has 0 radical (unpaired) electrons. The number of hydrogen-bond acceptors (Lipinski definition) is 4. The maximum Gasteiger partial charge on any atom is 0.270 e. The van der Waals surface area contributed by atoms with Gasteiger partial charge in [-0.05, 0) is 48.2 Å². The number of methoxy groups -OCH3 is 1. The fourth-order valence-corrected chi connectivity index (χ4v) is 3.69. The van der Waals surface area contributed by atoms with Crippen molar-refractivity contribution < 1.29 is 9.53 Å². The Bertz CT molecular complexity index is 997. The molecule has 0 atom stereocenters. The minimum absolute atomic E-state index is 0.0660. The van der Waals surface area contributed by atoms with Crippen molar-refractivity contribution in [2.75, 3.05) is 12.4 Å². The van der Waals surface area contributed by atoms with E-state index in [4.69, 9.17) is 16.3 Å². The molecule has 1 amide bonds. The van der Waals surface area contributed by atoms with Crippen LogP contribution < -0.4 is 15.4 Å². The number of aromatic nitrogens is 1. The number of carbonyl (C=O) groups excluding carboxylic acids is 1. The zero-order valence-corrected chi connectivity index (χ0v) is 16.2. The molecule has 6 heteroatoms. The summed E-state index contributed by atoms with van der Waals surface area (Å²) in [6.45, 7) is 0. The highest BCUT2D eigenvalue weighted by Crippen LogP contribution is 2.28. The third-order valence-corrected chi connectivity index (χ3v) is 5.00. The number of fused-ring (bicyclic) bond motifs is 1. The average molecular weight is 394 g/mol. The minimum Gasteiger partial charge on any atom is -0.495 e. The number of hydrogen-bond donors (Lipinski definition) is 2. The lowest BCUT2D eigenvalue weighted by Gasteiger charge is -2.14. The Morgan fingerprint density at radius 3 is 2.46 bits per heavy atom. The number of nitrogens with zero attached hydrogens (tertiary/aromatic N) is 1. The summed E-state index contributed by atoms with van der Waals surface area (Å²) in [7, 11) is 1.60. The Morgan fingerprint density at radius 2 is 1.75 bits per heavy atom. The van der Waals surface area contributed by atoms with Crippen LogP contribution in [0.1, 0.15) is 21.6 Å². The van der Waals surface area contributed by atoms with Crippen molar-refractivity contribution in [1.82, 2.24) is 10.3 Å². The summed E-state index contributed by atoms with van der Waals surface area (Å²) in [5, 5.41) is 6.67. The van der Waals surface area contributed by atoms with Gasteiger partial charge in [-0.3, -0.25) is 4.79 Å². The number of para-hydroxylation sites is 2. The molecule has 0 fully saturated rings. The maximum atomic E-state index is 12.7. The number of ether oxygens (including phenoxy) is 1. The van der Waals surface area contributed by atoms with E-state index in [2.05, 4.69) is 27.8 Å². The lowest BCUT2D eigenvalue weighted by Crippen LogP contribution is -2.35. The van der Waals surface area contributed by atoms with Crippen LogP contribution in [-0.4, -0.2) is 24.0 Å². The van der Waals surface area contributed by atoms with Crippen LogP contribution in [0.4, 0.5) is 11.5 Å². The van der Waals surface area contributed by atoms with Gasteiger partial charge in [0.1, 0.15) is 17.3 Å². The smallest absolute Gasteiger partial charge is 0.270 e. The standard InChI is InChI=1S/C22H20ClN3O2/c1-28-20-9-5-4-8-18(20)25-21-13-16(23)12-19(26-21)22(27)24-17-10-14-6-2-3-7-15(14)11-17/h2-9,12-13,17H,10-11H2,1H3,(H,24,27)(H,25,26). The van der Waals surface area contributed by atoms with Gasteiger partial charge in [0.2, 0.25) is 0 Å². The first-order valence-corrected chi connectivity index (χ1v) is 9.45. The van der Waals surface area contributed by atoms with Crippen LogP contribution in [0.2, 0.25) is 5.02 Å². The summed E-state index contributed by atoms with van der Waals surface area (Å²) in [5.41, 5.74) is 3.59. The normalized spacial score (nSPS) is 13.1. The summed E-state index contributed by atoms with van der Waals surface area (Å²) in [5.74, 6) is 0.930. The molecule has 0 aliphatic heterocycles. The molecule has 0 unspecified atom stereocenters. The van der Waals surface area contributed by atoms with Crippen LogP contribution >= 0.6 is 11.6 Å². The van der Waals surface area contributed by atoms with Gasteiger partial charge < -0.3 is 15.4 Å². The highest BCUT2D eigenvalue weighted by molar-refractivity contribution is 6.31. The van der Waals surface area contributed by atoms with Gasteiger partial charge >= 0.3 is 0 Å². The van der Waals surface area contributed by atoms with Crippen molar-refractivity contribution in [2.45, 2.75) is 18.9 Å². The number of amides is 1. The van der Waals surface area contributed by atoms with E-state index >= 15 is 0 Å². The van der Waals surface area contributed by atoms with Crippen LogP contribution in [0.15, 0.2) is 60.7 Å². The number of carbonyl (C=O) groups is 1. The van der Waals surface area contributed by atoms with Crippen molar-refractivity contribution in [3.63, 3.8) is 0 Å². The molecule has 1 heterocycles. The highest BCUT2D eigenvalue weighted by atomic mass is 35.5. The van der Waals surface area contributed by atoms with Crippen molar-refractivity contribution in [3.05, 3.63) is 82.5 Å². The summed E-state index contributed by atoms with van der Waals surface area (Å²) in [4.78, 5) is 17.2. The number of pyridine rings is 1. The Morgan fingerprint density at radius 1 is 1.07 bits per heavy atom. The lowest BCUT2D eigenvalue weighted by molar-refractivity contribution is 0.0933. The number of halogens is 1. The van der Waals surface area contributed by atoms with Crippen LogP contribution in [0, 0.1) is 0 Å². The predicted octanol–water partition coefficient (Wildman–Crippen LogP) is 4.38. The lowest BCUT2D eigenvalue weighted by atomic mass is 10.1. The van der Waals surface area contributed by atoms with Crippen molar-refractivity contribution in [1.29, 1.82) is 0 Å². The number of rotatable bonds is 5. The second-order valence-corrected chi connectivity index (χ2v) is 7.16. The molecule has 5 nitrogen and oxygen atoms in total. The van der Waals surface area contributed by atoms with Crippen LogP contribution in [0.3, 0.4) is 0 Å². The number of benzene rings is 2. The summed E-state index contributed by atoms with van der Waals surface area (Å²) >= 11 is 6.23. The first kappa shape index (κ1) is 18.3. The Hall–Kier alpha value is -3.05. The van der Waals surface area contributed by atoms with E-state index in [9.17, 15) is 4.79 Å². The van der Waals surface area contributed by atoms with E-state index < -0.39 is 0 Å². The van der Waals surface area contributed by atoms with E-state index in [-0.39, 0.29) is 17.6 Å². The topological polar surface area (TPSA) is 63.2 Å². The van der Waals surface area contributed by atoms with E-state index in [1.165, 1.54) is 11.1 Å². The number of nitrogens with one attached hydrogen (secondary N) is 2. The van der Waals surface area contributed by atoms with Crippen molar-refractivity contribution in [2.24, 2.45) is 0 Å². The third-order valence-electron chi connectivity index (χ3n) is 4.78. The fourth-order valence-electron chi connectivity index (χ4n) is 3.48. The van der Waals surface area contributed by atoms with Gasteiger partial charge in [0.25, 0.3) is 5.91 Å². The zero-order valence-electron chi connectivity index (χ0n) is 15.4. The molecule has 142 valence electrons. The molecule has 2 N–H and O–H groups in total. The van der Waals surface area contributed by atoms with E-state index in [1.807, 2.05) is 36.4 Å². The predicted molar refractivity (Wildman–Crippen MR) is 111 cm³/mol. The second-order valence-electron chi connectivity index (χ2n) is 6.73. The van der Waals surface area contributed by atoms with Crippen LogP contribution in [0.25, 0.3) is 0 Å². The second kappa shape index (κ2) is 7.90. The van der Waals surface area contributed by atoms with Crippen LogP contribution in [-0.2, 0) is 12.8 Å². The molecule has 1 aromatic heterocycles. The number of anilines is 2. The van der Waals surface area contributed by atoms with E-state index in [0.717, 1.165) is 18.5 Å². The molecule has 1 aliphatic carbocycles. The Labute approximate surface area is 168 Å². The van der Waals surface area contributed by atoms with E-state index in [0.29, 0.717) is 16.6 Å². The molecule has 4 rings (SSSR count). The van der Waals surface area contributed by atoms with Gasteiger partial charge in [-0.25, -0.2) is 4.98 Å². The van der Waals surface area contributed by atoms with Gasteiger partial charge in [-0.1, -0.05) is 48.0 Å². The first-order valence-electron chi connectivity index (χ1n) is 9.07. The van der Waals surface area contributed by atoms with Gasteiger partial charge in [0.05, 0.1) is 12.8 Å². The SMILES string of the molecule is COc1ccccc1Nc1cc(Cl)cc(C(=O)NC2Cc3ccccc3C2)n1. The van der Waals surface area contributed by atoms with Gasteiger partial charge in [0.15, 0.2) is 0 Å². The summed E-state index contributed by atoms with van der Waals surface area (Å²) in [6, 6.07) is 19.1. The van der Waals surface area contributed by atoms with Gasteiger partial charge in [-0.15, -0.1) is 0 Å². The molecule has 28 heavy (non-hydrogen) atoms. The summed E-state index contributed by atoms with van der Waals surface area (Å²) < 4.78 is 5.34. The fraction of sp³-hybridized carbons (Fsp3) is 0.182. The molecule has 2 aromatic carbocycles. The zero-order chi connectivity index (χ0) is 19.5. The molecule has 0 spiro atoms. The quantitative estimate of drug-likeness (QED) is 0.675. The van der Waals surface area contributed by atoms with Crippen LogP contribution in [0.5, 0.6) is 5.75 Å². The summed E-state index contributed by atoms with van der Waals surface area (Å²) in [6.07, 6.45) is 1.66. The molecule has 0 bridgehead atoms.